The summed E-state index contributed by atoms with van der Waals surface area (Å²) in [5, 5.41) is 27.9. The van der Waals surface area contributed by atoms with Gasteiger partial charge in [-0.25, -0.2) is 0 Å². The zero-order chi connectivity index (χ0) is 11.6. The fourth-order valence-electron chi connectivity index (χ4n) is 1.15. The van der Waals surface area contributed by atoms with E-state index in [1.54, 1.807) is 0 Å². The van der Waals surface area contributed by atoms with Crippen molar-refractivity contribution in [3.05, 3.63) is 23.8 Å². The van der Waals surface area contributed by atoms with Gasteiger partial charge in [-0.15, -0.1) is 0 Å². The maximum atomic E-state index is 10.9. The lowest BCUT2D eigenvalue weighted by Crippen LogP contribution is -2.35. The highest BCUT2D eigenvalue weighted by molar-refractivity contribution is 5.82. The Kier molecular flexibility index (Phi) is 3.28. The van der Waals surface area contributed by atoms with Gasteiger partial charge in [-0.2, -0.15) is 0 Å². The number of aromatic hydroxyl groups is 2. The number of nitrogens with two attached hydrogens (primary N) is 1. The molecule has 0 amide bonds. The van der Waals surface area contributed by atoms with Crippen LogP contribution in [-0.2, 0) is 4.79 Å². The Balaban J connectivity index is 2.96. The maximum Gasteiger partial charge on any atom is 0.157 e. The molecular formula is C10H13NO4. The van der Waals surface area contributed by atoms with Gasteiger partial charge >= 0.3 is 0 Å². The number of hydrogen-bond acceptors (Lipinski definition) is 5. The number of aliphatic hydroxyl groups is 1. The number of aliphatic hydroxyl groups excluding tert-OH is 1. The lowest BCUT2D eigenvalue weighted by Gasteiger charge is -2.16. The Labute approximate surface area is 86.8 Å². The minimum Gasteiger partial charge on any atom is -0.504 e. The van der Waals surface area contributed by atoms with E-state index in [0.717, 1.165) is 0 Å². The van der Waals surface area contributed by atoms with Crippen LogP contribution in [0.15, 0.2) is 18.2 Å². The molecule has 5 N–H and O–H groups in total. The second-order valence-corrected chi connectivity index (χ2v) is 3.33. The second-order valence-electron chi connectivity index (χ2n) is 3.33. The van der Waals surface area contributed by atoms with Gasteiger partial charge in [0.05, 0.1) is 6.04 Å². The summed E-state index contributed by atoms with van der Waals surface area (Å²) in [5.74, 6) is -1.00. The lowest BCUT2D eigenvalue weighted by atomic mass is 10.00. The Morgan fingerprint density at radius 2 is 1.93 bits per heavy atom. The molecule has 1 rings (SSSR count). The largest absolute Gasteiger partial charge is 0.504 e. The van der Waals surface area contributed by atoms with E-state index < -0.39 is 12.1 Å². The first-order valence-corrected chi connectivity index (χ1v) is 4.39. The molecule has 2 atom stereocenters. The lowest BCUT2D eigenvalue weighted by molar-refractivity contribution is -0.120. The van der Waals surface area contributed by atoms with Gasteiger partial charge < -0.3 is 21.1 Å². The van der Waals surface area contributed by atoms with Crippen LogP contribution in [0.3, 0.4) is 0 Å². The molecule has 0 heterocycles. The van der Waals surface area contributed by atoms with Crippen molar-refractivity contribution in [2.45, 2.75) is 19.1 Å². The summed E-state index contributed by atoms with van der Waals surface area (Å²) < 4.78 is 0. The van der Waals surface area contributed by atoms with Gasteiger partial charge in [0.2, 0.25) is 0 Å². The Bertz CT molecular complexity index is 378. The molecule has 0 aliphatic carbocycles. The van der Waals surface area contributed by atoms with Crippen LogP contribution in [0.1, 0.15) is 18.6 Å². The van der Waals surface area contributed by atoms with Gasteiger partial charge in [0.15, 0.2) is 11.5 Å². The molecule has 15 heavy (non-hydrogen) atoms. The monoisotopic (exact) mass is 211 g/mol. The fourth-order valence-corrected chi connectivity index (χ4v) is 1.15. The van der Waals surface area contributed by atoms with Crippen LogP contribution >= 0.6 is 0 Å². The van der Waals surface area contributed by atoms with E-state index in [1.165, 1.54) is 25.1 Å². The molecule has 0 aliphatic rings. The molecule has 5 nitrogen and oxygen atoms in total. The standard InChI is InChI=1S/C10H13NO4/c1-5(12)9(11)10(15)6-2-3-7(13)8(14)4-6/h2-4,9-10,13-15H,11H2,1H3. The fraction of sp³-hybridized carbons (Fsp3) is 0.300. The molecule has 2 unspecified atom stereocenters. The van der Waals surface area contributed by atoms with Gasteiger partial charge in [0, 0.05) is 0 Å². The van der Waals surface area contributed by atoms with Gasteiger partial charge in [-0.3, -0.25) is 4.79 Å². The third kappa shape index (κ3) is 2.45. The molecule has 0 saturated carbocycles. The molecule has 0 radical (unpaired) electrons. The summed E-state index contributed by atoms with van der Waals surface area (Å²) in [6.07, 6.45) is -1.19. The SMILES string of the molecule is CC(=O)C(N)C(O)c1ccc(O)c(O)c1. The first kappa shape index (κ1) is 11.5. The molecule has 0 saturated heterocycles. The highest BCUT2D eigenvalue weighted by Gasteiger charge is 2.21. The van der Waals surface area contributed by atoms with Gasteiger partial charge in [-0.1, -0.05) is 6.07 Å². The number of hydrogen-bond donors (Lipinski definition) is 4. The average molecular weight is 211 g/mol. The summed E-state index contributed by atoms with van der Waals surface area (Å²) >= 11 is 0. The van der Waals surface area contributed by atoms with Crippen LogP contribution in [-0.4, -0.2) is 27.1 Å². The van der Waals surface area contributed by atoms with E-state index in [9.17, 15) is 15.0 Å². The normalized spacial score (nSPS) is 14.6. The maximum absolute atomic E-state index is 10.9. The molecule has 1 aromatic rings. The van der Waals surface area contributed by atoms with Crippen LogP contribution in [0.4, 0.5) is 0 Å². The first-order chi connectivity index (χ1) is 6.93. The van der Waals surface area contributed by atoms with Crippen LogP contribution in [0, 0.1) is 0 Å². The smallest absolute Gasteiger partial charge is 0.157 e. The molecule has 0 bridgehead atoms. The summed E-state index contributed by atoms with van der Waals surface area (Å²) in [6, 6.07) is 2.75. The predicted molar refractivity (Wildman–Crippen MR) is 53.4 cm³/mol. The molecule has 1 aromatic carbocycles. The van der Waals surface area contributed by atoms with Crippen LogP contribution < -0.4 is 5.73 Å². The van der Waals surface area contributed by atoms with Crippen LogP contribution in [0.25, 0.3) is 0 Å². The number of carbonyl (C=O) groups is 1. The van der Waals surface area contributed by atoms with Crippen LogP contribution in [0.2, 0.25) is 0 Å². The van der Waals surface area contributed by atoms with E-state index in [4.69, 9.17) is 10.8 Å². The van der Waals surface area contributed by atoms with E-state index >= 15 is 0 Å². The van der Waals surface area contributed by atoms with Crippen molar-refractivity contribution in [1.82, 2.24) is 0 Å². The zero-order valence-electron chi connectivity index (χ0n) is 8.21. The molecular weight excluding hydrogens is 198 g/mol. The Hall–Kier alpha value is -1.59. The number of phenols is 2. The summed E-state index contributed by atoms with van der Waals surface area (Å²) in [6.45, 7) is 1.27. The number of ketones is 1. The number of phenolic OH excluding ortho intramolecular Hbond substituents is 2. The molecule has 0 aliphatic heterocycles. The van der Waals surface area contributed by atoms with Gasteiger partial charge in [0.25, 0.3) is 0 Å². The highest BCUT2D eigenvalue weighted by Crippen LogP contribution is 2.28. The predicted octanol–water partition coefficient (Wildman–Crippen LogP) is 0.0475. The Morgan fingerprint density at radius 1 is 1.33 bits per heavy atom. The van der Waals surface area contributed by atoms with Crippen molar-refractivity contribution in [1.29, 1.82) is 0 Å². The van der Waals surface area contributed by atoms with Crippen molar-refractivity contribution in [2.75, 3.05) is 0 Å². The summed E-state index contributed by atoms with van der Waals surface area (Å²) in [7, 11) is 0. The molecule has 0 aromatic heterocycles. The van der Waals surface area contributed by atoms with E-state index in [-0.39, 0.29) is 22.8 Å². The number of Topliss-reactive ketones (excluding diaryl/α,β-unsaturated/α-hetero) is 1. The molecule has 5 heteroatoms. The minimum atomic E-state index is -1.19. The van der Waals surface area contributed by atoms with Crippen molar-refractivity contribution >= 4 is 5.78 Å². The minimum absolute atomic E-state index is 0.285. The van der Waals surface area contributed by atoms with E-state index in [1.807, 2.05) is 0 Å². The summed E-state index contributed by atoms with van der Waals surface area (Å²) in [4.78, 5) is 10.9. The Morgan fingerprint density at radius 3 is 2.40 bits per heavy atom. The molecule has 0 spiro atoms. The van der Waals surface area contributed by atoms with Crippen molar-refractivity contribution in [2.24, 2.45) is 5.73 Å². The quantitative estimate of drug-likeness (QED) is 0.529. The molecule has 82 valence electrons. The highest BCUT2D eigenvalue weighted by atomic mass is 16.3. The number of carbonyl (C=O) groups excluding carboxylic acids is 1. The van der Waals surface area contributed by atoms with Crippen molar-refractivity contribution in [3.8, 4) is 11.5 Å². The van der Waals surface area contributed by atoms with Crippen molar-refractivity contribution < 1.29 is 20.1 Å². The van der Waals surface area contributed by atoms with E-state index in [0.29, 0.717) is 0 Å². The number of benzene rings is 1. The third-order valence-electron chi connectivity index (χ3n) is 2.15. The topological polar surface area (TPSA) is 104 Å². The molecule has 0 fully saturated rings. The third-order valence-corrected chi connectivity index (χ3v) is 2.15. The van der Waals surface area contributed by atoms with Gasteiger partial charge in [0.1, 0.15) is 11.9 Å². The van der Waals surface area contributed by atoms with Crippen molar-refractivity contribution in [3.63, 3.8) is 0 Å². The van der Waals surface area contributed by atoms with E-state index in [2.05, 4.69) is 0 Å². The second kappa shape index (κ2) is 4.29. The zero-order valence-corrected chi connectivity index (χ0v) is 8.21. The van der Waals surface area contributed by atoms with Crippen LogP contribution in [0.5, 0.6) is 11.5 Å². The van der Waals surface area contributed by atoms with Gasteiger partial charge in [-0.05, 0) is 24.6 Å². The summed E-state index contributed by atoms with van der Waals surface area (Å²) in [5.41, 5.74) is 5.72. The average Bonchev–Trinajstić information content (AvgIpc) is 2.19. The number of rotatable bonds is 3. The first-order valence-electron chi connectivity index (χ1n) is 4.39.